The third-order valence-corrected chi connectivity index (χ3v) is 4.63. The zero-order chi connectivity index (χ0) is 14.4. The van der Waals surface area contributed by atoms with Crippen LogP contribution in [-0.4, -0.2) is 29.8 Å². The first-order chi connectivity index (χ1) is 9.72. The van der Waals surface area contributed by atoms with Crippen LogP contribution in [0.15, 0.2) is 12.2 Å². The molecule has 4 nitrogen and oxygen atoms in total. The van der Waals surface area contributed by atoms with Crippen molar-refractivity contribution in [3.05, 3.63) is 12.2 Å². The lowest BCUT2D eigenvalue weighted by Gasteiger charge is -2.22. The van der Waals surface area contributed by atoms with E-state index in [1.54, 1.807) is 0 Å². The van der Waals surface area contributed by atoms with Gasteiger partial charge in [0.15, 0.2) is 0 Å². The molecule has 3 N–H and O–H groups in total. The zero-order valence-electron chi connectivity index (χ0n) is 12.5. The Bertz CT molecular complexity index is 343. The van der Waals surface area contributed by atoms with Crippen LogP contribution in [0.5, 0.6) is 0 Å². The Labute approximate surface area is 122 Å². The second-order valence-corrected chi connectivity index (χ2v) is 6.23. The molecule has 0 heterocycles. The van der Waals surface area contributed by atoms with Crippen LogP contribution >= 0.6 is 0 Å². The topological polar surface area (TPSA) is 61.4 Å². The van der Waals surface area contributed by atoms with Gasteiger partial charge in [0, 0.05) is 24.6 Å². The van der Waals surface area contributed by atoms with Crippen molar-refractivity contribution < 1.29 is 9.90 Å². The minimum Gasteiger partial charge on any atom is -0.396 e. The Balaban J connectivity index is 1.72. The molecule has 4 atom stereocenters. The van der Waals surface area contributed by atoms with Crippen molar-refractivity contribution in [1.82, 2.24) is 10.6 Å². The van der Waals surface area contributed by atoms with Crippen molar-refractivity contribution in [1.29, 1.82) is 0 Å². The third-order valence-electron chi connectivity index (χ3n) is 4.63. The van der Waals surface area contributed by atoms with Crippen molar-refractivity contribution in [3.8, 4) is 0 Å². The summed E-state index contributed by atoms with van der Waals surface area (Å²) >= 11 is 0. The Kier molecular flexibility index (Phi) is 5.89. The van der Waals surface area contributed by atoms with Gasteiger partial charge in [-0.25, -0.2) is 4.79 Å². The molecule has 2 unspecified atom stereocenters. The SMILES string of the molecule is CCCCC1CCCC1NC(=O)N[C@@H]1C=C[C@H](CO)C1. The quantitative estimate of drug-likeness (QED) is 0.655. The second-order valence-electron chi connectivity index (χ2n) is 6.23. The van der Waals surface area contributed by atoms with Crippen molar-refractivity contribution in [2.24, 2.45) is 11.8 Å². The number of hydrogen-bond donors (Lipinski definition) is 3. The number of aliphatic hydroxyl groups excluding tert-OH is 1. The van der Waals surface area contributed by atoms with E-state index in [2.05, 4.69) is 17.6 Å². The van der Waals surface area contributed by atoms with Gasteiger partial charge in [-0.15, -0.1) is 0 Å². The molecule has 114 valence electrons. The molecule has 0 saturated heterocycles. The first-order valence-corrected chi connectivity index (χ1v) is 8.09. The Morgan fingerprint density at radius 1 is 1.30 bits per heavy atom. The fourth-order valence-electron chi connectivity index (χ4n) is 3.43. The van der Waals surface area contributed by atoms with Crippen molar-refractivity contribution in [3.63, 3.8) is 0 Å². The van der Waals surface area contributed by atoms with Crippen LogP contribution in [0.1, 0.15) is 51.9 Å². The highest BCUT2D eigenvalue weighted by Gasteiger charge is 2.28. The average molecular weight is 280 g/mol. The molecule has 2 aliphatic carbocycles. The van der Waals surface area contributed by atoms with Gasteiger partial charge in [0.1, 0.15) is 0 Å². The van der Waals surface area contributed by atoms with Crippen LogP contribution in [0, 0.1) is 11.8 Å². The Morgan fingerprint density at radius 2 is 2.15 bits per heavy atom. The largest absolute Gasteiger partial charge is 0.396 e. The monoisotopic (exact) mass is 280 g/mol. The van der Waals surface area contributed by atoms with Gasteiger partial charge in [-0.2, -0.15) is 0 Å². The van der Waals surface area contributed by atoms with E-state index in [0.717, 1.165) is 12.8 Å². The van der Waals surface area contributed by atoms with Gasteiger partial charge < -0.3 is 15.7 Å². The van der Waals surface area contributed by atoms with E-state index in [0.29, 0.717) is 12.0 Å². The highest BCUT2D eigenvalue weighted by molar-refractivity contribution is 5.75. The maximum atomic E-state index is 12.1. The van der Waals surface area contributed by atoms with Crippen LogP contribution in [0.3, 0.4) is 0 Å². The van der Waals surface area contributed by atoms with Crippen LogP contribution in [0.4, 0.5) is 4.79 Å². The highest BCUT2D eigenvalue weighted by Crippen LogP contribution is 2.29. The van der Waals surface area contributed by atoms with Crippen molar-refractivity contribution >= 4 is 6.03 Å². The number of unbranched alkanes of at least 4 members (excludes halogenated alkanes) is 1. The average Bonchev–Trinajstić information content (AvgIpc) is 3.05. The van der Waals surface area contributed by atoms with E-state index >= 15 is 0 Å². The highest BCUT2D eigenvalue weighted by atomic mass is 16.3. The van der Waals surface area contributed by atoms with Crippen molar-refractivity contribution in [2.45, 2.75) is 64.0 Å². The molecule has 2 rings (SSSR count). The zero-order valence-corrected chi connectivity index (χ0v) is 12.5. The molecule has 0 radical (unpaired) electrons. The summed E-state index contributed by atoms with van der Waals surface area (Å²) in [4.78, 5) is 12.1. The number of aliphatic hydroxyl groups is 1. The van der Waals surface area contributed by atoms with Crippen LogP contribution < -0.4 is 10.6 Å². The minimum atomic E-state index is -0.0494. The fourth-order valence-corrected chi connectivity index (χ4v) is 3.43. The summed E-state index contributed by atoms with van der Waals surface area (Å²) in [6.07, 6.45) is 12.1. The molecule has 0 aromatic carbocycles. The summed E-state index contributed by atoms with van der Waals surface area (Å²) in [7, 11) is 0. The van der Waals surface area contributed by atoms with E-state index in [9.17, 15) is 4.79 Å². The number of rotatable bonds is 6. The van der Waals surface area contributed by atoms with E-state index in [1.807, 2.05) is 12.2 Å². The lowest BCUT2D eigenvalue weighted by Crippen LogP contribution is -2.46. The molecular weight excluding hydrogens is 252 g/mol. The molecule has 2 amide bonds. The van der Waals surface area contributed by atoms with E-state index in [4.69, 9.17) is 5.11 Å². The molecule has 0 bridgehead atoms. The minimum absolute atomic E-state index is 0.0494. The lowest BCUT2D eigenvalue weighted by atomic mass is 9.97. The maximum absolute atomic E-state index is 12.1. The van der Waals surface area contributed by atoms with Crippen molar-refractivity contribution in [2.75, 3.05) is 6.61 Å². The molecular formula is C16H28N2O2. The summed E-state index contributed by atoms with van der Waals surface area (Å²) in [6, 6.07) is 0.370. The van der Waals surface area contributed by atoms with Gasteiger partial charge in [-0.3, -0.25) is 0 Å². The number of carbonyl (C=O) groups excluding carboxylic acids is 1. The number of urea groups is 1. The standard InChI is InChI=1S/C16H28N2O2/c1-2-3-5-13-6-4-7-15(13)18-16(20)17-14-9-8-12(10-14)11-19/h8-9,12-15,19H,2-7,10-11H2,1H3,(H2,17,18,20)/t12-,13?,14+,15?/m0/s1. The number of nitrogens with one attached hydrogen (secondary N) is 2. The Morgan fingerprint density at radius 3 is 2.85 bits per heavy atom. The maximum Gasteiger partial charge on any atom is 0.315 e. The molecule has 20 heavy (non-hydrogen) atoms. The molecule has 1 fully saturated rings. The number of hydrogen-bond acceptors (Lipinski definition) is 2. The van der Waals surface area contributed by atoms with Gasteiger partial charge in [0.25, 0.3) is 0 Å². The lowest BCUT2D eigenvalue weighted by molar-refractivity contribution is 0.225. The van der Waals surface area contributed by atoms with Gasteiger partial charge in [-0.05, 0) is 31.6 Å². The molecule has 0 aliphatic heterocycles. The van der Waals surface area contributed by atoms with Crippen LogP contribution in [-0.2, 0) is 0 Å². The number of carbonyl (C=O) groups is 1. The first kappa shape index (κ1) is 15.4. The van der Waals surface area contributed by atoms with Gasteiger partial charge in [0.2, 0.25) is 0 Å². The fraction of sp³-hybridized carbons (Fsp3) is 0.812. The molecule has 1 saturated carbocycles. The predicted octanol–water partition coefficient (Wildman–Crippen LogP) is 2.58. The summed E-state index contributed by atoms with van der Waals surface area (Å²) in [5, 5.41) is 15.2. The summed E-state index contributed by atoms with van der Waals surface area (Å²) in [5.74, 6) is 0.856. The molecule has 0 aromatic heterocycles. The summed E-state index contributed by atoms with van der Waals surface area (Å²) in [5.41, 5.74) is 0. The van der Waals surface area contributed by atoms with Gasteiger partial charge in [0.05, 0.1) is 0 Å². The second kappa shape index (κ2) is 7.67. The predicted molar refractivity (Wildman–Crippen MR) is 80.4 cm³/mol. The smallest absolute Gasteiger partial charge is 0.315 e. The summed E-state index contributed by atoms with van der Waals surface area (Å²) in [6.45, 7) is 2.38. The van der Waals surface area contributed by atoms with Gasteiger partial charge in [-0.1, -0.05) is 38.3 Å². The molecule has 0 aromatic rings. The normalized spacial score (nSPS) is 32.5. The third kappa shape index (κ3) is 4.23. The van der Waals surface area contributed by atoms with Crippen LogP contribution in [0.25, 0.3) is 0 Å². The molecule has 0 spiro atoms. The van der Waals surface area contributed by atoms with E-state index < -0.39 is 0 Å². The van der Waals surface area contributed by atoms with E-state index in [-0.39, 0.29) is 24.6 Å². The summed E-state index contributed by atoms with van der Waals surface area (Å²) < 4.78 is 0. The molecule has 4 heteroatoms. The first-order valence-electron chi connectivity index (χ1n) is 8.09. The van der Waals surface area contributed by atoms with E-state index in [1.165, 1.54) is 32.1 Å². The van der Waals surface area contributed by atoms with Crippen LogP contribution in [0.2, 0.25) is 0 Å². The van der Waals surface area contributed by atoms with Gasteiger partial charge >= 0.3 is 6.03 Å². The number of amides is 2. The Hall–Kier alpha value is -1.03. The molecule has 2 aliphatic rings.